The normalized spacial score (nSPS) is 10.7. The van der Waals surface area contributed by atoms with Crippen LogP contribution in [0.15, 0.2) is 6.20 Å². The summed E-state index contributed by atoms with van der Waals surface area (Å²) in [6.07, 6.45) is 1.66. The van der Waals surface area contributed by atoms with Crippen LogP contribution in [-0.4, -0.2) is 36.7 Å². The van der Waals surface area contributed by atoms with E-state index < -0.39 is 0 Å². The number of nitrogens with zero attached hydrogens (tertiary/aromatic N) is 2. The molecule has 0 aliphatic heterocycles. The first-order valence-corrected chi connectivity index (χ1v) is 4.60. The van der Waals surface area contributed by atoms with E-state index in [0.29, 0.717) is 19.8 Å². The van der Waals surface area contributed by atoms with Gasteiger partial charge in [0, 0.05) is 7.11 Å². The number of anilines is 1. The second-order valence-electron chi connectivity index (χ2n) is 3.01. The molecule has 1 heterocycles. The van der Waals surface area contributed by atoms with Gasteiger partial charge in [0.25, 0.3) is 0 Å². The second-order valence-corrected chi connectivity index (χ2v) is 3.01. The lowest BCUT2D eigenvalue weighted by Crippen LogP contribution is -2.11. The van der Waals surface area contributed by atoms with Gasteiger partial charge in [-0.05, 0) is 6.92 Å². The van der Waals surface area contributed by atoms with Crippen LogP contribution in [0.1, 0.15) is 5.69 Å². The van der Waals surface area contributed by atoms with E-state index in [2.05, 4.69) is 5.10 Å². The zero-order chi connectivity index (χ0) is 10.4. The molecule has 1 aromatic rings. The summed E-state index contributed by atoms with van der Waals surface area (Å²) in [5, 5.41) is 4.11. The standard InChI is InChI=1S/C9H17N3O2/c1-8-9(10)7-11-12(8)3-4-14-6-5-13-2/h7H,3-6,10H2,1-2H3. The largest absolute Gasteiger partial charge is 0.396 e. The van der Waals surface area contributed by atoms with E-state index in [4.69, 9.17) is 15.2 Å². The Hall–Kier alpha value is -1.07. The first kappa shape index (κ1) is 11.0. The van der Waals surface area contributed by atoms with E-state index in [9.17, 15) is 0 Å². The second kappa shape index (κ2) is 5.62. The maximum atomic E-state index is 5.65. The molecule has 80 valence electrons. The van der Waals surface area contributed by atoms with Crippen LogP contribution in [0, 0.1) is 6.92 Å². The summed E-state index contributed by atoms with van der Waals surface area (Å²) in [6.45, 7) is 4.54. The van der Waals surface area contributed by atoms with Crippen molar-refractivity contribution in [2.24, 2.45) is 0 Å². The number of nitrogens with two attached hydrogens (primary N) is 1. The van der Waals surface area contributed by atoms with Crippen LogP contribution in [0.4, 0.5) is 5.69 Å². The smallest absolute Gasteiger partial charge is 0.0730 e. The number of hydrogen-bond donors (Lipinski definition) is 1. The molecular weight excluding hydrogens is 182 g/mol. The van der Waals surface area contributed by atoms with Gasteiger partial charge in [0.05, 0.1) is 43.9 Å². The first-order chi connectivity index (χ1) is 6.75. The molecule has 0 aliphatic rings. The Morgan fingerprint density at radius 3 is 2.79 bits per heavy atom. The van der Waals surface area contributed by atoms with Crippen molar-refractivity contribution in [3.63, 3.8) is 0 Å². The molecule has 0 saturated heterocycles. The molecule has 14 heavy (non-hydrogen) atoms. The maximum absolute atomic E-state index is 5.65. The van der Waals surface area contributed by atoms with Gasteiger partial charge in [-0.3, -0.25) is 4.68 Å². The zero-order valence-electron chi connectivity index (χ0n) is 8.69. The molecule has 0 radical (unpaired) electrons. The van der Waals surface area contributed by atoms with Crippen LogP contribution in [0.5, 0.6) is 0 Å². The molecule has 0 aliphatic carbocycles. The Morgan fingerprint density at radius 2 is 2.21 bits per heavy atom. The predicted octanol–water partition coefficient (Wildman–Crippen LogP) is 0.437. The van der Waals surface area contributed by atoms with Gasteiger partial charge in [0.2, 0.25) is 0 Å². The van der Waals surface area contributed by atoms with Crippen molar-refractivity contribution in [3.05, 3.63) is 11.9 Å². The van der Waals surface area contributed by atoms with Gasteiger partial charge in [0.1, 0.15) is 0 Å². The van der Waals surface area contributed by atoms with Crippen LogP contribution >= 0.6 is 0 Å². The van der Waals surface area contributed by atoms with E-state index in [-0.39, 0.29) is 0 Å². The average molecular weight is 199 g/mol. The highest BCUT2D eigenvalue weighted by molar-refractivity contribution is 5.39. The Balaban J connectivity index is 2.21. The van der Waals surface area contributed by atoms with Crippen LogP contribution in [0.2, 0.25) is 0 Å². The Bertz CT molecular complexity index is 273. The molecule has 5 heteroatoms. The van der Waals surface area contributed by atoms with Crippen molar-refractivity contribution in [1.29, 1.82) is 0 Å². The van der Waals surface area contributed by atoms with Crippen molar-refractivity contribution in [3.8, 4) is 0 Å². The summed E-state index contributed by atoms with van der Waals surface area (Å²) in [5.74, 6) is 0. The third-order valence-electron chi connectivity index (χ3n) is 2.02. The predicted molar refractivity (Wildman–Crippen MR) is 54.1 cm³/mol. The summed E-state index contributed by atoms with van der Waals surface area (Å²) in [5.41, 5.74) is 7.36. The SMILES string of the molecule is COCCOCCn1ncc(N)c1C. The van der Waals surface area contributed by atoms with Crippen molar-refractivity contribution in [1.82, 2.24) is 9.78 Å². The fraction of sp³-hybridized carbons (Fsp3) is 0.667. The topological polar surface area (TPSA) is 62.3 Å². The molecule has 0 fully saturated rings. The van der Waals surface area contributed by atoms with Gasteiger partial charge in [0.15, 0.2) is 0 Å². The van der Waals surface area contributed by atoms with Gasteiger partial charge in [-0.2, -0.15) is 5.10 Å². The molecule has 0 atom stereocenters. The molecule has 0 bridgehead atoms. The molecule has 0 unspecified atom stereocenters. The van der Waals surface area contributed by atoms with Gasteiger partial charge < -0.3 is 15.2 Å². The number of rotatable bonds is 6. The summed E-state index contributed by atoms with van der Waals surface area (Å²) in [6, 6.07) is 0. The van der Waals surface area contributed by atoms with Crippen LogP contribution in [0.3, 0.4) is 0 Å². The molecule has 0 saturated carbocycles. The van der Waals surface area contributed by atoms with E-state index in [1.807, 2.05) is 11.6 Å². The highest BCUT2D eigenvalue weighted by Gasteiger charge is 2.01. The maximum Gasteiger partial charge on any atom is 0.0730 e. The lowest BCUT2D eigenvalue weighted by Gasteiger charge is -2.05. The van der Waals surface area contributed by atoms with Crippen LogP contribution in [0.25, 0.3) is 0 Å². The van der Waals surface area contributed by atoms with Gasteiger partial charge in [-0.15, -0.1) is 0 Å². The van der Waals surface area contributed by atoms with Crippen molar-refractivity contribution in [2.75, 3.05) is 32.7 Å². The highest BCUT2D eigenvalue weighted by atomic mass is 16.5. The van der Waals surface area contributed by atoms with E-state index in [0.717, 1.165) is 17.9 Å². The molecule has 1 rings (SSSR count). The van der Waals surface area contributed by atoms with E-state index >= 15 is 0 Å². The molecule has 1 aromatic heterocycles. The number of methoxy groups -OCH3 is 1. The quantitative estimate of drug-likeness (QED) is 0.675. The third kappa shape index (κ3) is 3.01. The Morgan fingerprint density at radius 1 is 1.43 bits per heavy atom. The average Bonchev–Trinajstić information content (AvgIpc) is 2.49. The molecule has 2 N–H and O–H groups in total. The Kier molecular flexibility index (Phi) is 4.42. The van der Waals surface area contributed by atoms with Crippen LogP contribution in [-0.2, 0) is 16.0 Å². The lowest BCUT2D eigenvalue weighted by atomic mass is 10.4. The third-order valence-corrected chi connectivity index (χ3v) is 2.02. The summed E-state index contributed by atoms with van der Waals surface area (Å²) in [4.78, 5) is 0. The molecule has 5 nitrogen and oxygen atoms in total. The Labute approximate surface area is 83.8 Å². The fourth-order valence-electron chi connectivity index (χ4n) is 1.08. The molecular formula is C9H17N3O2. The number of ether oxygens (including phenoxy) is 2. The minimum absolute atomic E-state index is 0.617. The number of nitrogen functional groups attached to an aromatic ring is 1. The van der Waals surface area contributed by atoms with Crippen molar-refractivity contribution < 1.29 is 9.47 Å². The van der Waals surface area contributed by atoms with Crippen LogP contribution < -0.4 is 5.73 Å². The highest BCUT2D eigenvalue weighted by Crippen LogP contribution is 2.07. The minimum atomic E-state index is 0.617. The summed E-state index contributed by atoms with van der Waals surface area (Å²) >= 11 is 0. The molecule has 0 spiro atoms. The minimum Gasteiger partial charge on any atom is -0.396 e. The summed E-state index contributed by atoms with van der Waals surface area (Å²) < 4.78 is 12.0. The van der Waals surface area contributed by atoms with E-state index in [1.54, 1.807) is 13.3 Å². The fourth-order valence-corrected chi connectivity index (χ4v) is 1.08. The number of aromatic nitrogens is 2. The van der Waals surface area contributed by atoms with Crippen molar-refractivity contribution >= 4 is 5.69 Å². The number of hydrogen-bond acceptors (Lipinski definition) is 4. The van der Waals surface area contributed by atoms with Gasteiger partial charge in [-0.1, -0.05) is 0 Å². The van der Waals surface area contributed by atoms with E-state index in [1.165, 1.54) is 0 Å². The zero-order valence-corrected chi connectivity index (χ0v) is 8.69. The van der Waals surface area contributed by atoms with Crippen molar-refractivity contribution in [2.45, 2.75) is 13.5 Å². The molecule has 0 aromatic carbocycles. The monoisotopic (exact) mass is 199 g/mol. The first-order valence-electron chi connectivity index (χ1n) is 4.60. The lowest BCUT2D eigenvalue weighted by molar-refractivity contribution is 0.0652. The molecule has 0 amide bonds. The van der Waals surface area contributed by atoms with Gasteiger partial charge >= 0.3 is 0 Å². The summed E-state index contributed by atoms with van der Waals surface area (Å²) in [7, 11) is 1.65. The van der Waals surface area contributed by atoms with Gasteiger partial charge in [-0.25, -0.2) is 0 Å².